The Kier molecular flexibility index (Phi) is 26.1. The van der Waals surface area contributed by atoms with E-state index in [-0.39, 0.29) is 94.8 Å². The van der Waals surface area contributed by atoms with Gasteiger partial charge in [0.15, 0.2) is 0 Å². The Morgan fingerprint density at radius 1 is 0.363 bits per heavy atom. The molecule has 0 fully saturated rings. The molecule has 0 spiro atoms. The fourth-order valence-electron chi connectivity index (χ4n) is 13.0. The number of allylic oxidation sites excluding steroid dienone is 2. The zero-order valence-corrected chi connectivity index (χ0v) is 73.5. The number of hydrogen-bond acceptors (Lipinski definition) is 9. The van der Waals surface area contributed by atoms with Gasteiger partial charge in [-0.25, -0.2) is 9.98 Å². The number of aryl methyl sites for hydroxylation is 6. The summed E-state index contributed by atoms with van der Waals surface area (Å²) in [5, 5.41) is 1.20. The van der Waals surface area contributed by atoms with E-state index in [9.17, 15) is 0 Å². The van der Waals surface area contributed by atoms with Gasteiger partial charge in [-0.1, -0.05) is 303 Å². The minimum atomic E-state index is -0.0393. The summed E-state index contributed by atoms with van der Waals surface area (Å²) in [5.41, 5.74) is 16.6. The van der Waals surface area contributed by atoms with E-state index >= 15 is 0 Å². The standard InChI is InChI=1S/C49H53Cl2N2O3.C48H51Cl2N2O4.Ni/c1-29-25-30(2)43(31(3)26-29)56-44(40-28-39(50)45(52-40)54-36-21-17-34(18-22-36)48(7,8)9)42-38(27-32-13-15-33(16-14-32)47(4,5)6)41(51)46(53-42)55-37-23-19-35(20-24-37)49(10,11)12;1-28-25-29(2)41(30(3)26-28)56-42(38-27-37(49)44(51-38)54-35-21-15-32(16-22-35)47(7,8)9)40-43(53-34-19-13-31(14-20-34)46(4,5)6)39(50)45(52-40)55-36-23-17-33(18-24-36)48(10,11)12;/h13-26,28H,27H2,1-12H3;13-27H,1-12H3;/q2*-1;+2/b44-42+;42-38+;. The van der Waals surface area contributed by atoms with E-state index in [2.05, 4.69) is 211 Å². The first kappa shape index (κ1) is 86.3. The topological polar surface area (TPSA) is 118 Å². The minimum absolute atomic E-state index is 0. The van der Waals surface area contributed by atoms with Crippen LogP contribution in [0.15, 0.2) is 219 Å². The van der Waals surface area contributed by atoms with E-state index in [1.807, 2.05) is 125 Å². The van der Waals surface area contributed by atoms with Crippen molar-refractivity contribution in [2.45, 2.75) is 205 Å². The quantitative estimate of drug-likeness (QED) is 0.0688. The molecule has 16 heteroatoms. The van der Waals surface area contributed by atoms with Gasteiger partial charge < -0.3 is 43.1 Å². The second-order valence-electron chi connectivity index (χ2n) is 35.4. The summed E-state index contributed by atoms with van der Waals surface area (Å²) in [5.74, 6) is 6.13. The molecular formula is C97H104Cl4N4NiO7. The van der Waals surface area contributed by atoms with Crippen LogP contribution in [0.4, 0.5) is 0 Å². The number of rotatable bonds is 16. The van der Waals surface area contributed by atoms with E-state index in [0.717, 1.165) is 50.1 Å². The number of halogens is 4. The first-order valence-corrected chi connectivity index (χ1v) is 39.5. The van der Waals surface area contributed by atoms with Crippen LogP contribution >= 0.6 is 46.4 Å². The molecule has 0 saturated carbocycles. The van der Waals surface area contributed by atoms with Crippen molar-refractivity contribution >= 4 is 69.7 Å². The van der Waals surface area contributed by atoms with Crippen molar-refractivity contribution in [3.8, 4) is 57.8 Å². The third-order valence-corrected chi connectivity index (χ3v) is 20.8. The van der Waals surface area contributed by atoms with Crippen molar-refractivity contribution in [2.24, 2.45) is 9.98 Å². The summed E-state index contributed by atoms with van der Waals surface area (Å²) in [7, 11) is 0. The van der Waals surface area contributed by atoms with Gasteiger partial charge in [-0.05, 0) is 208 Å². The molecule has 0 bridgehead atoms. The molecule has 0 saturated heterocycles. The average molecular weight is 1640 g/mol. The Morgan fingerprint density at radius 3 is 1.08 bits per heavy atom. The molecule has 0 radical (unpaired) electrons. The molecule has 8 aromatic carbocycles. The second-order valence-corrected chi connectivity index (χ2v) is 36.9. The number of ether oxygens (including phenoxy) is 7. The van der Waals surface area contributed by atoms with Gasteiger partial charge in [0.1, 0.15) is 84.0 Å². The number of nitrogens with zero attached hydrogens (tertiary/aromatic N) is 4. The maximum atomic E-state index is 7.32. The Morgan fingerprint density at radius 2 is 0.699 bits per heavy atom. The molecule has 113 heavy (non-hydrogen) atoms. The van der Waals surface area contributed by atoms with Crippen LogP contribution < -0.4 is 43.1 Å². The molecule has 2 aliphatic heterocycles. The van der Waals surface area contributed by atoms with Gasteiger partial charge in [0, 0.05) is 23.8 Å². The predicted octanol–water partition coefficient (Wildman–Crippen LogP) is 27.9. The molecule has 0 aliphatic carbocycles. The zero-order chi connectivity index (χ0) is 81.5. The van der Waals surface area contributed by atoms with E-state index in [1.165, 1.54) is 27.8 Å². The van der Waals surface area contributed by atoms with Crippen molar-refractivity contribution in [2.75, 3.05) is 0 Å². The van der Waals surface area contributed by atoms with Gasteiger partial charge in [0.25, 0.3) is 0 Å². The molecule has 2 aromatic heterocycles. The third-order valence-electron chi connectivity index (χ3n) is 19.5. The molecule has 0 unspecified atom stereocenters. The van der Waals surface area contributed by atoms with Gasteiger partial charge in [-0.15, -0.1) is 0 Å². The minimum Gasteiger partial charge on any atom is -0.623 e. The van der Waals surface area contributed by atoms with Crippen molar-refractivity contribution in [3.05, 3.63) is 303 Å². The maximum absolute atomic E-state index is 7.32. The monoisotopic (exact) mass is 1630 g/mol. The SMILES string of the molecule is Cc1cc(C)c(O/C(=C2/N=C(Oc3ccc(C(C)(C)C)cc3)C(Cl)=C2Cc2ccc(C(C)(C)C)cc2)c2cc(Cl)c(Oc3ccc(C(C)(C)C)cc3)[n-]2)c(C)c1.Cc1cc(C)c(O/C(=C2\C=C(Cl)C(Oc3ccc(C(C)(C)C)cc3)=N2)c2[n-]c(Oc3ccc(C(C)(C)C)cc3)c(Cl)c2Oc2ccc(C(C)(C)C)cc2)c(C)c1.[Ni+2]. The summed E-state index contributed by atoms with van der Waals surface area (Å²) in [6.07, 6.45) is 2.17. The van der Waals surface area contributed by atoms with Crippen LogP contribution in [0.25, 0.3) is 11.5 Å². The summed E-state index contributed by atoms with van der Waals surface area (Å²) in [6.45, 7) is 51.4. The fourth-order valence-corrected chi connectivity index (χ4v) is 13.8. The smallest absolute Gasteiger partial charge is 0.623 e. The van der Waals surface area contributed by atoms with Crippen molar-refractivity contribution in [1.82, 2.24) is 9.97 Å². The fraction of sp³-hybridized carbons (Fsp3) is 0.320. The third kappa shape index (κ3) is 21.1. The predicted molar refractivity (Wildman–Crippen MR) is 464 cm³/mol. The Bertz CT molecular complexity index is 5280. The number of aromatic nitrogens is 2. The van der Waals surface area contributed by atoms with Crippen LogP contribution in [-0.2, 0) is 55.4 Å². The number of aliphatic imine (C=N–C) groups is 2. The van der Waals surface area contributed by atoms with Crippen LogP contribution in [0.3, 0.4) is 0 Å². The molecule has 0 atom stereocenters. The van der Waals surface area contributed by atoms with Crippen LogP contribution in [0.2, 0.25) is 10.0 Å². The molecule has 0 N–H and O–H groups in total. The molecule has 0 amide bonds. The van der Waals surface area contributed by atoms with Crippen LogP contribution in [0.1, 0.15) is 208 Å². The molecule has 11 nitrogen and oxygen atoms in total. The van der Waals surface area contributed by atoms with Crippen molar-refractivity contribution in [3.63, 3.8) is 0 Å². The zero-order valence-electron chi connectivity index (χ0n) is 69.5. The first-order chi connectivity index (χ1) is 52.3. The van der Waals surface area contributed by atoms with E-state index in [0.29, 0.717) is 84.6 Å². The largest absolute Gasteiger partial charge is 2.00 e. The van der Waals surface area contributed by atoms with Gasteiger partial charge in [-0.2, -0.15) is 0 Å². The summed E-state index contributed by atoms with van der Waals surface area (Å²) in [4.78, 5) is 19.9. The maximum Gasteiger partial charge on any atom is 2.00 e. The average Bonchev–Trinajstić information content (AvgIpc) is 1.63. The number of hydrogen-bond donors (Lipinski definition) is 0. The molecule has 4 heterocycles. The molecule has 10 aromatic rings. The molecular weight excluding hydrogens is 1530 g/mol. The van der Waals surface area contributed by atoms with Crippen molar-refractivity contribution in [1.29, 1.82) is 0 Å². The van der Waals surface area contributed by atoms with E-state index < -0.39 is 0 Å². The van der Waals surface area contributed by atoms with Crippen LogP contribution in [-0.4, -0.2) is 11.8 Å². The van der Waals surface area contributed by atoms with E-state index in [1.54, 1.807) is 12.1 Å². The molecule has 2 aliphatic rings. The Balaban J connectivity index is 0.000000237. The number of benzene rings is 8. The van der Waals surface area contributed by atoms with Crippen LogP contribution in [0.5, 0.6) is 57.8 Å². The molecule has 592 valence electrons. The normalized spacial score (nSPS) is 14.3. The first-order valence-electron chi connectivity index (χ1n) is 38.0. The van der Waals surface area contributed by atoms with Crippen LogP contribution in [0, 0.1) is 41.5 Å². The van der Waals surface area contributed by atoms with Gasteiger partial charge in [0.05, 0.1) is 5.02 Å². The van der Waals surface area contributed by atoms with E-state index in [4.69, 9.17) is 99.5 Å². The summed E-state index contributed by atoms with van der Waals surface area (Å²) in [6, 6.07) is 58.5. The summed E-state index contributed by atoms with van der Waals surface area (Å²) < 4.78 is 45.8. The Labute approximate surface area is 699 Å². The van der Waals surface area contributed by atoms with Gasteiger partial charge in [0.2, 0.25) is 11.8 Å². The summed E-state index contributed by atoms with van der Waals surface area (Å²) >= 11 is 28.3. The van der Waals surface area contributed by atoms with Gasteiger partial charge in [-0.3, -0.25) is 0 Å². The molecule has 12 rings (SSSR count). The van der Waals surface area contributed by atoms with Crippen molar-refractivity contribution < 1.29 is 49.6 Å². The second kappa shape index (κ2) is 34.1. The van der Waals surface area contributed by atoms with Gasteiger partial charge >= 0.3 is 16.5 Å². The Hall–Kier alpha value is -9.13.